The molecule has 0 bridgehead atoms. The molecule has 5 heteroatoms. The van der Waals surface area contributed by atoms with Gasteiger partial charge in [-0.05, 0) is 31.0 Å². The first-order valence-electron chi connectivity index (χ1n) is 5.66. The first-order chi connectivity index (χ1) is 8.29. The van der Waals surface area contributed by atoms with Gasteiger partial charge in [-0.1, -0.05) is 6.07 Å². The molecular formula is C12H14N4O. The molecule has 0 spiro atoms. The minimum absolute atomic E-state index is 0.0341. The maximum atomic E-state index is 11.7. The Labute approximate surface area is 99.9 Å². The van der Waals surface area contributed by atoms with Crippen LogP contribution in [-0.2, 0) is 11.3 Å². The molecule has 2 heterocycles. The molecule has 17 heavy (non-hydrogen) atoms. The third-order valence-corrected chi connectivity index (χ3v) is 2.78. The van der Waals surface area contributed by atoms with Gasteiger partial charge in [-0.2, -0.15) is 5.26 Å². The van der Waals surface area contributed by atoms with Crippen molar-refractivity contribution < 1.29 is 4.79 Å². The average Bonchev–Trinajstić information content (AvgIpc) is 2.90. The fourth-order valence-corrected chi connectivity index (χ4v) is 1.82. The maximum Gasteiger partial charge on any atom is 0.237 e. The number of hydrogen-bond acceptors (Lipinski definition) is 4. The Morgan fingerprint density at radius 3 is 3.12 bits per heavy atom. The fraction of sp³-hybridized carbons (Fsp3) is 0.417. The second-order valence-electron chi connectivity index (χ2n) is 4.03. The largest absolute Gasteiger partial charge is 0.351 e. The van der Waals surface area contributed by atoms with Crippen molar-refractivity contribution in [2.45, 2.75) is 25.4 Å². The molecule has 0 aromatic carbocycles. The number of rotatable bonds is 3. The molecule has 0 aliphatic carbocycles. The Bertz CT molecular complexity index is 429. The molecule has 1 saturated heterocycles. The van der Waals surface area contributed by atoms with Gasteiger partial charge in [-0.3, -0.25) is 4.79 Å². The minimum atomic E-state index is -0.0543. The molecule has 1 fully saturated rings. The van der Waals surface area contributed by atoms with E-state index in [0.29, 0.717) is 12.2 Å². The molecule has 0 saturated carbocycles. The summed E-state index contributed by atoms with van der Waals surface area (Å²) >= 11 is 0. The molecule has 5 nitrogen and oxygen atoms in total. The van der Waals surface area contributed by atoms with Crippen LogP contribution in [0, 0.1) is 11.3 Å². The van der Waals surface area contributed by atoms with E-state index < -0.39 is 0 Å². The molecule has 2 N–H and O–H groups in total. The van der Waals surface area contributed by atoms with Crippen LogP contribution in [-0.4, -0.2) is 23.5 Å². The van der Waals surface area contributed by atoms with Gasteiger partial charge in [-0.15, -0.1) is 0 Å². The highest BCUT2D eigenvalue weighted by Gasteiger charge is 2.21. The summed E-state index contributed by atoms with van der Waals surface area (Å²) in [5.41, 5.74) is 1.29. The molecule has 1 atom stereocenters. The number of pyridine rings is 1. The Balaban J connectivity index is 1.84. The third kappa shape index (κ3) is 3.02. The molecular weight excluding hydrogens is 216 g/mol. The molecule has 1 aliphatic rings. The van der Waals surface area contributed by atoms with Crippen LogP contribution < -0.4 is 10.6 Å². The van der Waals surface area contributed by atoms with Gasteiger partial charge in [0.05, 0.1) is 6.04 Å². The molecule has 88 valence electrons. The minimum Gasteiger partial charge on any atom is -0.351 e. The van der Waals surface area contributed by atoms with Crippen LogP contribution in [0.2, 0.25) is 0 Å². The number of nitriles is 1. The van der Waals surface area contributed by atoms with Gasteiger partial charge in [0, 0.05) is 12.7 Å². The second-order valence-corrected chi connectivity index (χ2v) is 4.03. The zero-order valence-electron chi connectivity index (χ0n) is 9.44. The van der Waals surface area contributed by atoms with Gasteiger partial charge >= 0.3 is 0 Å². The lowest BCUT2D eigenvalue weighted by atomic mass is 10.2. The number of aromatic nitrogens is 1. The van der Waals surface area contributed by atoms with E-state index in [1.165, 1.54) is 0 Å². The summed E-state index contributed by atoms with van der Waals surface area (Å²) in [4.78, 5) is 15.6. The lowest BCUT2D eigenvalue weighted by Gasteiger charge is -2.10. The van der Waals surface area contributed by atoms with E-state index >= 15 is 0 Å². The Morgan fingerprint density at radius 2 is 2.53 bits per heavy atom. The number of carbonyl (C=O) groups is 1. The lowest BCUT2D eigenvalue weighted by Crippen LogP contribution is -2.40. The van der Waals surface area contributed by atoms with E-state index in [4.69, 9.17) is 5.26 Å². The fourth-order valence-electron chi connectivity index (χ4n) is 1.82. The summed E-state index contributed by atoms with van der Waals surface area (Å²) in [6, 6.07) is 5.35. The van der Waals surface area contributed by atoms with Gasteiger partial charge in [0.15, 0.2) is 0 Å². The highest BCUT2D eigenvalue weighted by Crippen LogP contribution is 2.05. The maximum absolute atomic E-state index is 11.7. The smallest absolute Gasteiger partial charge is 0.237 e. The van der Waals surface area contributed by atoms with Gasteiger partial charge in [0.2, 0.25) is 5.91 Å². The van der Waals surface area contributed by atoms with E-state index in [1.54, 1.807) is 18.3 Å². The number of hydrogen-bond donors (Lipinski definition) is 2. The van der Waals surface area contributed by atoms with Crippen molar-refractivity contribution in [2.24, 2.45) is 0 Å². The molecule has 1 unspecified atom stereocenters. The molecule has 1 amide bonds. The lowest BCUT2D eigenvalue weighted by molar-refractivity contribution is -0.122. The van der Waals surface area contributed by atoms with Crippen molar-refractivity contribution in [3.8, 4) is 6.07 Å². The standard InChI is InChI=1S/C12H14N4O/c13-6-10-4-3-9(7-15-10)8-16-12(17)11-2-1-5-14-11/h3-4,7,11,14H,1-2,5,8H2,(H,16,17). The normalized spacial score (nSPS) is 18.6. The van der Waals surface area contributed by atoms with E-state index in [1.807, 2.05) is 6.07 Å². The Morgan fingerprint density at radius 1 is 1.65 bits per heavy atom. The number of amides is 1. The van der Waals surface area contributed by atoms with Gasteiger partial charge in [0.25, 0.3) is 0 Å². The summed E-state index contributed by atoms with van der Waals surface area (Å²) in [5, 5.41) is 14.6. The molecule has 1 aromatic heterocycles. The summed E-state index contributed by atoms with van der Waals surface area (Å²) < 4.78 is 0. The SMILES string of the molecule is N#Cc1ccc(CNC(=O)C2CCCN2)cn1. The van der Waals surface area contributed by atoms with Crippen molar-refractivity contribution in [2.75, 3.05) is 6.54 Å². The van der Waals surface area contributed by atoms with Crippen LogP contribution in [0.4, 0.5) is 0 Å². The van der Waals surface area contributed by atoms with E-state index in [9.17, 15) is 4.79 Å². The Kier molecular flexibility index (Phi) is 3.68. The molecule has 0 radical (unpaired) electrons. The van der Waals surface area contributed by atoms with Crippen molar-refractivity contribution in [1.29, 1.82) is 5.26 Å². The quantitative estimate of drug-likeness (QED) is 0.784. The van der Waals surface area contributed by atoms with E-state index in [-0.39, 0.29) is 11.9 Å². The molecule has 1 aromatic rings. The Hall–Kier alpha value is -1.93. The van der Waals surface area contributed by atoms with Crippen molar-refractivity contribution in [3.63, 3.8) is 0 Å². The van der Waals surface area contributed by atoms with Crippen LogP contribution in [0.15, 0.2) is 18.3 Å². The van der Waals surface area contributed by atoms with Gasteiger partial charge in [-0.25, -0.2) is 4.98 Å². The van der Waals surface area contributed by atoms with Crippen molar-refractivity contribution in [3.05, 3.63) is 29.6 Å². The van der Waals surface area contributed by atoms with Crippen LogP contribution >= 0.6 is 0 Å². The second kappa shape index (κ2) is 5.41. The summed E-state index contributed by atoms with van der Waals surface area (Å²) in [6.07, 6.45) is 3.56. The van der Waals surface area contributed by atoms with Gasteiger partial charge in [0.1, 0.15) is 11.8 Å². The highest BCUT2D eigenvalue weighted by atomic mass is 16.2. The zero-order chi connectivity index (χ0) is 12.1. The van der Waals surface area contributed by atoms with Crippen LogP contribution in [0.5, 0.6) is 0 Å². The predicted molar refractivity (Wildman–Crippen MR) is 61.8 cm³/mol. The number of carbonyl (C=O) groups excluding carboxylic acids is 1. The first kappa shape index (κ1) is 11.6. The first-order valence-corrected chi connectivity index (χ1v) is 5.66. The average molecular weight is 230 g/mol. The van der Waals surface area contributed by atoms with Crippen molar-refractivity contribution in [1.82, 2.24) is 15.6 Å². The van der Waals surface area contributed by atoms with Crippen LogP contribution in [0.3, 0.4) is 0 Å². The molecule has 1 aliphatic heterocycles. The summed E-state index contributed by atoms with van der Waals surface area (Å²) in [7, 11) is 0. The molecule has 2 rings (SSSR count). The van der Waals surface area contributed by atoms with Crippen LogP contribution in [0.1, 0.15) is 24.1 Å². The van der Waals surface area contributed by atoms with Crippen LogP contribution in [0.25, 0.3) is 0 Å². The predicted octanol–water partition coefficient (Wildman–Crippen LogP) is 0.321. The summed E-state index contributed by atoms with van der Waals surface area (Å²) in [5.74, 6) is 0.0341. The zero-order valence-corrected chi connectivity index (χ0v) is 9.44. The van der Waals surface area contributed by atoms with Gasteiger partial charge < -0.3 is 10.6 Å². The van der Waals surface area contributed by atoms with E-state index in [0.717, 1.165) is 24.9 Å². The number of nitrogens with zero attached hydrogens (tertiary/aromatic N) is 2. The summed E-state index contributed by atoms with van der Waals surface area (Å²) in [6.45, 7) is 1.37. The monoisotopic (exact) mass is 230 g/mol. The third-order valence-electron chi connectivity index (χ3n) is 2.78. The number of nitrogens with one attached hydrogen (secondary N) is 2. The highest BCUT2D eigenvalue weighted by molar-refractivity contribution is 5.81. The van der Waals surface area contributed by atoms with Crippen molar-refractivity contribution >= 4 is 5.91 Å². The topological polar surface area (TPSA) is 77.8 Å². The van der Waals surface area contributed by atoms with E-state index in [2.05, 4.69) is 15.6 Å².